The molecule has 2 heterocycles. The first-order chi connectivity index (χ1) is 21.0. The predicted octanol–water partition coefficient (Wildman–Crippen LogP) is 5.90. The molecule has 2 aliphatic heterocycles. The lowest BCUT2D eigenvalue weighted by Gasteiger charge is -2.19. The second-order valence-electron chi connectivity index (χ2n) is 10.7. The van der Waals surface area contributed by atoms with E-state index in [1.807, 2.05) is 24.3 Å². The van der Waals surface area contributed by atoms with Crippen molar-refractivity contribution in [3.8, 4) is 39.8 Å². The summed E-state index contributed by atoms with van der Waals surface area (Å²) in [7, 11) is 0. The fourth-order valence-corrected chi connectivity index (χ4v) is 5.38. The molecule has 0 radical (unpaired) electrons. The van der Waals surface area contributed by atoms with E-state index in [2.05, 4.69) is 22.0 Å². The Hall–Kier alpha value is -4.78. The minimum atomic E-state index is -0.982. The first kappa shape index (κ1) is 28.3. The van der Waals surface area contributed by atoms with Crippen molar-refractivity contribution in [2.24, 2.45) is 0 Å². The van der Waals surface area contributed by atoms with Gasteiger partial charge in [0.1, 0.15) is 23.7 Å². The highest BCUT2D eigenvalue weighted by Gasteiger charge is 2.22. The smallest absolute Gasteiger partial charge is 0.255 e. The number of nitrogens with one attached hydrogen (secondary N) is 3. The molecule has 4 aromatic carbocycles. The molecule has 2 aliphatic rings. The zero-order valence-electron chi connectivity index (χ0n) is 23.3. The van der Waals surface area contributed by atoms with E-state index in [9.17, 15) is 18.8 Å². The third-order valence-electron chi connectivity index (χ3n) is 7.63. The van der Waals surface area contributed by atoms with Gasteiger partial charge in [0.15, 0.2) is 11.6 Å². The molecule has 3 N–H and O–H groups in total. The molecule has 218 valence electrons. The van der Waals surface area contributed by atoms with Crippen LogP contribution in [0, 0.1) is 23.0 Å². The lowest BCUT2D eigenvalue weighted by atomic mass is 10.00. The van der Waals surface area contributed by atoms with Gasteiger partial charge in [-0.1, -0.05) is 18.2 Å². The second-order valence-corrected chi connectivity index (χ2v) is 10.7. The van der Waals surface area contributed by atoms with Crippen LogP contribution in [-0.4, -0.2) is 44.3 Å². The topological polar surface area (TPSA) is 95.4 Å². The molecule has 2 saturated heterocycles. The lowest BCUT2D eigenvalue weighted by molar-refractivity contribution is 0.102. The van der Waals surface area contributed by atoms with Crippen LogP contribution in [0.1, 0.15) is 28.8 Å². The van der Waals surface area contributed by atoms with Gasteiger partial charge in [-0.3, -0.25) is 4.79 Å². The number of hydrogen-bond acceptors (Lipinski definition) is 6. The van der Waals surface area contributed by atoms with Gasteiger partial charge in [-0.2, -0.15) is 5.26 Å². The molecule has 2 fully saturated rings. The van der Waals surface area contributed by atoms with Crippen molar-refractivity contribution < 1.29 is 23.0 Å². The normalized spacial score (nSPS) is 17.8. The number of anilines is 1. The molecule has 2 unspecified atom stereocenters. The van der Waals surface area contributed by atoms with Crippen molar-refractivity contribution in [1.29, 1.82) is 5.26 Å². The van der Waals surface area contributed by atoms with Crippen LogP contribution in [-0.2, 0) is 0 Å². The quantitative estimate of drug-likeness (QED) is 0.240. The van der Waals surface area contributed by atoms with Gasteiger partial charge in [0.05, 0.1) is 11.6 Å². The molecule has 0 spiro atoms. The highest BCUT2D eigenvalue weighted by molar-refractivity contribution is 6.05. The largest absolute Gasteiger partial charge is 0.488 e. The summed E-state index contributed by atoms with van der Waals surface area (Å²) < 4.78 is 40.4. The van der Waals surface area contributed by atoms with E-state index < -0.39 is 11.6 Å². The number of halogens is 2. The number of carbonyl (C=O) groups excluding carboxylic acids is 1. The van der Waals surface area contributed by atoms with Gasteiger partial charge in [0.2, 0.25) is 0 Å². The average Bonchev–Trinajstić information content (AvgIpc) is 3.74. The van der Waals surface area contributed by atoms with Crippen LogP contribution < -0.4 is 25.4 Å². The fourth-order valence-electron chi connectivity index (χ4n) is 5.38. The van der Waals surface area contributed by atoms with Gasteiger partial charge < -0.3 is 25.4 Å². The average molecular weight is 581 g/mol. The molecule has 0 aromatic heterocycles. The summed E-state index contributed by atoms with van der Waals surface area (Å²) in [6.45, 7) is 3.13. The van der Waals surface area contributed by atoms with Crippen LogP contribution in [0.25, 0.3) is 22.3 Å². The molecule has 2 atom stereocenters. The molecule has 9 heteroatoms. The summed E-state index contributed by atoms with van der Waals surface area (Å²) in [5.74, 6) is -1.18. The van der Waals surface area contributed by atoms with Crippen molar-refractivity contribution in [3.05, 3.63) is 102 Å². The number of hydrogen-bond donors (Lipinski definition) is 3. The minimum Gasteiger partial charge on any atom is -0.488 e. The van der Waals surface area contributed by atoms with Crippen LogP contribution in [0.4, 0.5) is 14.5 Å². The molecular weight excluding hydrogens is 550 g/mol. The van der Waals surface area contributed by atoms with Gasteiger partial charge in [0, 0.05) is 35.5 Å². The summed E-state index contributed by atoms with van der Waals surface area (Å²) in [6.07, 6.45) is 1.65. The Balaban J connectivity index is 1.31. The van der Waals surface area contributed by atoms with Crippen molar-refractivity contribution in [2.75, 3.05) is 31.5 Å². The van der Waals surface area contributed by atoms with Gasteiger partial charge in [-0.25, -0.2) is 8.78 Å². The number of ether oxygens (including phenoxy) is 2. The van der Waals surface area contributed by atoms with E-state index >= 15 is 0 Å². The summed E-state index contributed by atoms with van der Waals surface area (Å²) in [6, 6.07) is 23.4. The van der Waals surface area contributed by atoms with Gasteiger partial charge in [-0.15, -0.1) is 0 Å². The van der Waals surface area contributed by atoms with Crippen molar-refractivity contribution in [3.63, 3.8) is 0 Å². The zero-order chi connectivity index (χ0) is 29.8. The molecule has 0 bridgehead atoms. The first-order valence-electron chi connectivity index (χ1n) is 14.3. The maximum atomic E-state index is 14.2. The molecule has 4 aromatic rings. The number of carbonyl (C=O) groups is 1. The maximum Gasteiger partial charge on any atom is 0.255 e. The molecule has 7 nitrogen and oxygen atoms in total. The molecule has 0 saturated carbocycles. The highest BCUT2D eigenvalue weighted by atomic mass is 19.2. The number of benzene rings is 4. The van der Waals surface area contributed by atoms with E-state index in [1.165, 1.54) is 6.07 Å². The fraction of sp³-hybridized carbons (Fsp3) is 0.235. The minimum absolute atomic E-state index is 0.0220. The Morgan fingerprint density at radius 1 is 0.791 bits per heavy atom. The van der Waals surface area contributed by atoms with Crippen LogP contribution in [0.3, 0.4) is 0 Å². The SMILES string of the molecule is N#Cc1cccc(-c2cc(NC(=O)c3ccc(OC4CCNC4)c(-c4ccc(F)c(F)c4)c3)ccc2OC2CCNC2)c1. The molecule has 43 heavy (non-hydrogen) atoms. The number of nitriles is 1. The van der Waals surface area contributed by atoms with E-state index in [0.29, 0.717) is 46.0 Å². The van der Waals surface area contributed by atoms with Gasteiger partial charge in [0.25, 0.3) is 5.91 Å². The maximum absolute atomic E-state index is 14.2. The van der Waals surface area contributed by atoms with Crippen LogP contribution in [0.15, 0.2) is 78.9 Å². The Morgan fingerprint density at radius 3 is 2.12 bits per heavy atom. The summed E-state index contributed by atoms with van der Waals surface area (Å²) in [4.78, 5) is 13.5. The van der Waals surface area contributed by atoms with E-state index in [1.54, 1.807) is 36.4 Å². The second kappa shape index (κ2) is 12.6. The summed E-state index contributed by atoms with van der Waals surface area (Å²) >= 11 is 0. The monoisotopic (exact) mass is 580 g/mol. The van der Waals surface area contributed by atoms with Gasteiger partial charge >= 0.3 is 0 Å². The third kappa shape index (κ3) is 6.51. The Labute approximate surface area is 248 Å². The Bertz CT molecular complexity index is 1690. The molecule has 0 aliphatic carbocycles. The standard InChI is InChI=1S/C34H30F2N4O3/c35-30-7-4-23(16-31(30)36)28-15-24(5-8-32(28)42-26-10-12-38-19-26)34(41)40-25-6-9-33(43-27-11-13-39-20-27)29(17-25)22-3-1-2-21(14-22)18-37/h1-9,14-17,26-27,38-39H,10-13,19-20H2,(H,40,41). The summed E-state index contributed by atoms with van der Waals surface area (Å²) in [5.41, 5.74) is 3.80. The number of amides is 1. The van der Waals surface area contributed by atoms with Crippen LogP contribution in [0.5, 0.6) is 11.5 Å². The third-order valence-corrected chi connectivity index (χ3v) is 7.63. The summed E-state index contributed by atoms with van der Waals surface area (Å²) in [5, 5.41) is 18.9. The van der Waals surface area contributed by atoms with Crippen molar-refractivity contribution in [2.45, 2.75) is 25.0 Å². The van der Waals surface area contributed by atoms with Gasteiger partial charge in [-0.05, 0) is 97.7 Å². The highest BCUT2D eigenvalue weighted by Crippen LogP contribution is 2.36. The van der Waals surface area contributed by atoms with Crippen molar-refractivity contribution in [1.82, 2.24) is 10.6 Å². The van der Waals surface area contributed by atoms with Crippen LogP contribution >= 0.6 is 0 Å². The molecule has 6 rings (SSSR count). The molecule has 1 amide bonds. The van der Waals surface area contributed by atoms with E-state index in [-0.39, 0.29) is 18.1 Å². The first-order valence-corrected chi connectivity index (χ1v) is 14.3. The number of rotatable bonds is 8. The predicted molar refractivity (Wildman–Crippen MR) is 160 cm³/mol. The lowest BCUT2D eigenvalue weighted by Crippen LogP contribution is -2.20. The number of nitrogens with zero attached hydrogens (tertiary/aromatic N) is 1. The van der Waals surface area contributed by atoms with E-state index in [4.69, 9.17) is 9.47 Å². The van der Waals surface area contributed by atoms with Crippen molar-refractivity contribution >= 4 is 11.6 Å². The zero-order valence-corrected chi connectivity index (χ0v) is 23.3. The Morgan fingerprint density at radius 2 is 1.47 bits per heavy atom. The van der Waals surface area contributed by atoms with E-state index in [0.717, 1.165) is 55.7 Å². The van der Waals surface area contributed by atoms with Crippen LogP contribution in [0.2, 0.25) is 0 Å². The molecular formula is C34H30F2N4O3. The Kier molecular flexibility index (Phi) is 8.31.